The monoisotopic (exact) mass is 265 g/mol. The van der Waals surface area contributed by atoms with Crippen molar-refractivity contribution in [3.8, 4) is 0 Å². The molecule has 1 rings (SSSR count). The van der Waals surface area contributed by atoms with Crippen molar-refractivity contribution in [3.05, 3.63) is 33.8 Å². The fraction of sp³-hybridized carbons (Fsp3) is 0.333. The van der Waals surface area contributed by atoms with Crippen LogP contribution in [0.25, 0.3) is 0 Å². The summed E-state index contributed by atoms with van der Waals surface area (Å²) in [5.74, 6) is -1.53. The van der Waals surface area contributed by atoms with E-state index in [-0.39, 0.29) is 18.5 Å². The van der Waals surface area contributed by atoms with E-state index in [1.54, 1.807) is 0 Å². The zero-order valence-electron chi connectivity index (χ0n) is 7.30. The molecule has 0 spiro atoms. The molecule has 78 valence electrons. The third-order valence-electron chi connectivity index (χ3n) is 1.82. The minimum absolute atomic E-state index is 0.134. The van der Waals surface area contributed by atoms with Crippen LogP contribution in [0.5, 0.6) is 0 Å². The molecule has 3 N–H and O–H groups in total. The number of halogens is 3. The first-order chi connectivity index (χ1) is 6.56. The lowest BCUT2D eigenvalue weighted by molar-refractivity contribution is 0.160. The molecule has 0 amide bonds. The van der Waals surface area contributed by atoms with Crippen LogP contribution in [0.15, 0.2) is 16.6 Å². The SMILES string of the molecule is NCC[C@@H](O)c1c(F)cc(Br)cc1F. The normalized spacial score (nSPS) is 12.9. The van der Waals surface area contributed by atoms with Crippen LogP contribution in [0.4, 0.5) is 8.78 Å². The maximum Gasteiger partial charge on any atom is 0.133 e. The van der Waals surface area contributed by atoms with Crippen molar-refractivity contribution in [2.75, 3.05) is 6.54 Å². The number of benzene rings is 1. The summed E-state index contributed by atoms with van der Waals surface area (Å²) < 4.78 is 26.7. The van der Waals surface area contributed by atoms with E-state index in [1.807, 2.05) is 0 Å². The molecule has 1 aromatic rings. The van der Waals surface area contributed by atoms with Gasteiger partial charge in [0.05, 0.1) is 11.7 Å². The summed E-state index contributed by atoms with van der Waals surface area (Å²) in [6.07, 6.45) is -1.05. The van der Waals surface area contributed by atoms with E-state index in [0.717, 1.165) is 12.1 Å². The third kappa shape index (κ3) is 2.50. The molecule has 0 aliphatic carbocycles. The highest BCUT2D eigenvalue weighted by Gasteiger charge is 2.17. The van der Waals surface area contributed by atoms with Gasteiger partial charge in [0.1, 0.15) is 11.6 Å². The van der Waals surface area contributed by atoms with Crippen molar-refractivity contribution in [2.45, 2.75) is 12.5 Å². The summed E-state index contributed by atoms with van der Waals surface area (Å²) >= 11 is 2.95. The lowest BCUT2D eigenvalue weighted by Crippen LogP contribution is -2.10. The van der Waals surface area contributed by atoms with Gasteiger partial charge in [-0.2, -0.15) is 0 Å². The lowest BCUT2D eigenvalue weighted by atomic mass is 10.1. The largest absolute Gasteiger partial charge is 0.388 e. The number of nitrogens with two attached hydrogens (primary N) is 1. The van der Waals surface area contributed by atoms with Crippen LogP contribution in [-0.2, 0) is 0 Å². The van der Waals surface area contributed by atoms with Gasteiger partial charge in [0.15, 0.2) is 0 Å². The molecule has 0 aliphatic rings. The standard InChI is InChI=1S/C9H10BrF2NO/c10-5-3-6(11)9(7(12)4-5)8(14)1-2-13/h3-4,8,14H,1-2,13H2/t8-/m1/s1. The molecule has 14 heavy (non-hydrogen) atoms. The van der Waals surface area contributed by atoms with Gasteiger partial charge in [0.25, 0.3) is 0 Å². The highest BCUT2D eigenvalue weighted by Crippen LogP contribution is 2.26. The fourth-order valence-electron chi connectivity index (χ4n) is 1.17. The number of hydrogen-bond acceptors (Lipinski definition) is 2. The molecule has 1 atom stereocenters. The van der Waals surface area contributed by atoms with E-state index in [1.165, 1.54) is 0 Å². The zero-order valence-corrected chi connectivity index (χ0v) is 8.89. The number of aliphatic hydroxyl groups is 1. The molecule has 1 aromatic carbocycles. The van der Waals surface area contributed by atoms with Gasteiger partial charge in [-0.25, -0.2) is 8.78 Å². The second kappa shape index (κ2) is 4.82. The number of hydrogen-bond donors (Lipinski definition) is 2. The van der Waals surface area contributed by atoms with Crippen molar-refractivity contribution in [2.24, 2.45) is 5.73 Å². The van der Waals surface area contributed by atoms with Gasteiger partial charge in [-0.3, -0.25) is 0 Å². The average molecular weight is 266 g/mol. The van der Waals surface area contributed by atoms with E-state index < -0.39 is 17.7 Å². The van der Waals surface area contributed by atoms with Crippen molar-refractivity contribution in [1.82, 2.24) is 0 Å². The Bertz CT molecular complexity index is 310. The Morgan fingerprint density at radius 2 is 1.86 bits per heavy atom. The van der Waals surface area contributed by atoms with Crippen LogP contribution in [0.2, 0.25) is 0 Å². The molecule has 0 radical (unpaired) electrons. The molecule has 0 saturated heterocycles. The predicted octanol–water partition coefficient (Wildman–Crippen LogP) is 2.11. The molecule has 0 unspecified atom stereocenters. The molecular formula is C9H10BrF2NO. The van der Waals surface area contributed by atoms with Gasteiger partial charge in [-0.15, -0.1) is 0 Å². The van der Waals surface area contributed by atoms with Gasteiger partial charge in [-0.1, -0.05) is 15.9 Å². The van der Waals surface area contributed by atoms with Gasteiger partial charge in [0.2, 0.25) is 0 Å². The van der Waals surface area contributed by atoms with E-state index >= 15 is 0 Å². The van der Waals surface area contributed by atoms with Crippen LogP contribution in [0.3, 0.4) is 0 Å². The maximum absolute atomic E-state index is 13.2. The summed E-state index contributed by atoms with van der Waals surface area (Å²) in [7, 11) is 0. The van der Waals surface area contributed by atoms with Crippen molar-refractivity contribution in [3.63, 3.8) is 0 Å². The van der Waals surface area contributed by atoms with Crippen molar-refractivity contribution < 1.29 is 13.9 Å². The highest BCUT2D eigenvalue weighted by molar-refractivity contribution is 9.10. The first-order valence-corrected chi connectivity index (χ1v) is 4.88. The molecule has 5 heteroatoms. The summed E-state index contributed by atoms with van der Waals surface area (Å²) in [5, 5.41) is 9.40. The molecule has 2 nitrogen and oxygen atoms in total. The zero-order chi connectivity index (χ0) is 10.7. The Morgan fingerprint density at radius 3 is 2.29 bits per heavy atom. The van der Waals surface area contributed by atoms with Crippen LogP contribution in [0, 0.1) is 11.6 Å². The first-order valence-electron chi connectivity index (χ1n) is 4.09. The first kappa shape index (κ1) is 11.6. The summed E-state index contributed by atoms with van der Waals surface area (Å²) in [5.41, 5.74) is 4.86. The lowest BCUT2D eigenvalue weighted by Gasteiger charge is -2.11. The fourth-order valence-corrected chi connectivity index (χ4v) is 1.58. The summed E-state index contributed by atoms with van der Waals surface area (Å²) in [4.78, 5) is 0. The number of aliphatic hydroxyl groups excluding tert-OH is 1. The van der Waals surface area contributed by atoms with Crippen LogP contribution in [-0.4, -0.2) is 11.7 Å². The summed E-state index contributed by atoms with van der Waals surface area (Å²) in [6.45, 7) is 0.177. The Kier molecular flexibility index (Phi) is 3.97. The Hall–Kier alpha value is -0.520. The van der Waals surface area contributed by atoms with Gasteiger partial charge >= 0.3 is 0 Å². The molecule has 0 saturated carbocycles. The van der Waals surface area contributed by atoms with E-state index in [0.29, 0.717) is 4.47 Å². The Labute approximate surface area is 88.9 Å². The van der Waals surface area contributed by atoms with E-state index in [2.05, 4.69) is 15.9 Å². The van der Waals surface area contributed by atoms with Crippen LogP contribution in [0.1, 0.15) is 18.1 Å². The van der Waals surface area contributed by atoms with Gasteiger partial charge in [-0.05, 0) is 25.1 Å². The molecule has 0 heterocycles. The topological polar surface area (TPSA) is 46.2 Å². The maximum atomic E-state index is 13.2. The second-order valence-corrected chi connectivity index (χ2v) is 3.79. The van der Waals surface area contributed by atoms with Crippen LogP contribution < -0.4 is 5.73 Å². The third-order valence-corrected chi connectivity index (χ3v) is 2.27. The van der Waals surface area contributed by atoms with E-state index in [9.17, 15) is 13.9 Å². The highest BCUT2D eigenvalue weighted by atomic mass is 79.9. The molecule has 0 aromatic heterocycles. The summed E-state index contributed by atoms with van der Waals surface area (Å²) in [6, 6.07) is 2.22. The molecule has 0 aliphatic heterocycles. The minimum atomic E-state index is -1.19. The smallest absolute Gasteiger partial charge is 0.133 e. The second-order valence-electron chi connectivity index (χ2n) is 2.88. The molecule has 0 bridgehead atoms. The molecular weight excluding hydrogens is 256 g/mol. The van der Waals surface area contributed by atoms with Crippen LogP contribution >= 0.6 is 15.9 Å². The predicted molar refractivity (Wildman–Crippen MR) is 52.7 cm³/mol. The Morgan fingerprint density at radius 1 is 1.36 bits per heavy atom. The van der Waals surface area contributed by atoms with Gasteiger partial charge in [0, 0.05) is 4.47 Å². The molecule has 0 fully saturated rings. The Balaban J connectivity index is 3.07. The minimum Gasteiger partial charge on any atom is -0.388 e. The van der Waals surface area contributed by atoms with Gasteiger partial charge < -0.3 is 10.8 Å². The van der Waals surface area contributed by atoms with Crippen molar-refractivity contribution >= 4 is 15.9 Å². The van der Waals surface area contributed by atoms with E-state index in [4.69, 9.17) is 5.73 Å². The average Bonchev–Trinajstić information content (AvgIpc) is 2.01. The van der Waals surface area contributed by atoms with Crippen molar-refractivity contribution in [1.29, 1.82) is 0 Å². The number of rotatable bonds is 3. The quantitative estimate of drug-likeness (QED) is 0.880.